The van der Waals surface area contributed by atoms with Gasteiger partial charge in [-0.25, -0.2) is 14.4 Å². The third kappa shape index (κ3) is 3.67. The van der Waals surface area contributed by atoms with Crippen molar-refractivity contribution in [3.8, 4) is 0 Å². The van der Waals surface area contributed by atoms with Gasteiger partial charge in [-0.05, 0) is 36.2 Å². The number of halogens is 1. The summed E-state index contributed by atoms with van der Waals surface area (Å²) in [5, 5.41) is 3.18. The van der Waals surface area contributed by atoms with Crippen molar-refractivity contribution in [2.45, 2.75) is 12.5 Å². The Hall–Kier alpha value is -2.65. The molecule has 1 aromatic heterocycles. The number of hydrogen-bond acceptors (Lipinski definition) is 7. The first kappa shape index (κ1) is 19.7. The van der Waals surface area contributed by atoms with Gasteiger partial charge in [-0.1, -0.05) is 18.7 Å². The van der Waals surface area contributed by atoms with Crippen molar-refractivity contribution < 1.29 is 13.9 Å². The van der Waals surface area contributed by atoms with E-state index in [9.17, 15) is 9.18 Å². The van der Waals surface area contributed by atoms with Gasteiger partial charge < -0.3 is 21.5 Å². The molecule has 3 heterocycles. The van der Waals surface area contributed by atoms with E-state index in [-0.39, 0.29) is 24.1 Å². The molecule has 1 aromatic carbocycles. The van der Waals surface area contributed by atoms with Crippen molar-refractivity contribution in [1.82, 2.24) is 4.98 Å². The van der Waals surface area contributed by atoms with Crippen molar-refractivity contribution in [3.63, 3.8) is 0 Å². The Morgan fingerprint density at radius 3 is 2.93 bits per heavy atom. The minimum Gasteiger partial charge on any atom is -0.397 e. The van der Waals surface area contributed by atoms with Crippen LogP contribution in [0.4, 0.5) is 15.8 Å². The molecule has 0 spiro atoms. The van der Waals surface area contributed by atoms with Gasteiger partial charge in [0.05, 0.1) is 18.5 Å². The second-order valence-electron chi connectivity index (χ2n) is 7.41. The third-order valence-corrected chi connectivity index (χ3v) is 6.35. The highest BCUT2D eigenvalue weighted by Gasteiger charge is 2.50. The maximum atomic E-state index is 15.0. The number of nitrogens with zero attached hydrogens (tertiary/aromatic N) is 2. The summed E-state index contributed by atoms with van der Waals surface area (Å²) < 4.78 is 20.7. The van der Waals surface area contributed by atoms with Crippen LogP contribution < -0.4 is 16.8 Å². The number of pyridine rings is 1. The van der Waals surface area contributed by atoms with Crippen LogP contribution in [0.3, 0.4) is 0 Å². The van der Waals surface area contributed by atoms with Crippen LogP contribution in [0.5, 0.6) is 0 Å². The molecule has 0 aliphatic carbocycles. The van der Waals surface area contributed by atoms with E-state index >= 15 is 0 Å². The molecular formula is C20H22FN5O2S. The molecule has 2 aromatic rings. The molecule has 152 valence electrons. The Bertz CT molecular complexity index is 968. The van der Waals surface area contributed by atoms with E-state index in [1.165, 1.54) is 36.2 Å². The minimum absolute atomic E-state index is 0.0766. The van der Waals surface area contributed by atoms with Crippen LogP contribution in [0, 0.1) is 17.7 Å². The minimum atomic E-state index is -0.905. The van der Waals surface area contributed by atoms with E-state index in [2.05, 4.69) is 22.2 Å². The Labute approximate surface area is 172 Å². The van der Waals surface area contributed by atoms with Crippen molar-refractivity contribution in [3.05, 3.63) is 53.6 Å². The van der Waals surface area contributed by atoms with E-state index < -0.39 is 17.3 Å². The van der Waals surface area contributed by atoms with Gasteiger partial charge in [0.2, 0.25) is 0 Å². The summed E-state index contributed by atoms with van der Waals surface area (Å²) in [4.78, 5) is 21.2. The topological polar surface area (TPSA) is 116 Å². The average molecular weight is 415 g/mol. The number of thioether (sulfide) groups is 1. The van der Waals surface area contributed by atoms with E-state index in [0.29, 0.717) is 28.7 Å². The summed E-state index contributed by atoms with van der Waals surface area (Å²) in [6, 6.07) is 7.59. The normalized spacial score (nSPS) is 26.3. The number of amides is 1. The van der Waals surface area contributed by atoms with Crippen molar-refractivity contribution in [2.24, 2.45) is 22.6 Å². The van der Waals surface area contributed by atoms with Gasteiger partial charge in [0.25, 0.3) is 5.91 Å². The van der Waals surface area contributed by atoms with Crippen LogP contribution in [0.1, 0.15) is 23.0 Å². The van der Waals surface area contributed by atoms with Crippen LogP contribution in [-0.4, -0.2) is 35.0 Å². The number of nitrogen functional groups attached to an aromatic ring is 1. The molecule has 29 heavy (non-hydrogen) atoms. The number of ether oxygens (including phenoxy) is 1. The molecule has 2 aliphatic heterocycles. The lowest BCUT2D eigenvalue weighted by Gasteiger charge is -2.47. The first-order chi connectivity index (χ1) is 13.9. The monoisotopic (exact) mass is 415 g/mol. The Morgan fingerprint density at radius 1 is 1.34 bits per heavy atom. The molecular weight excluding hydrogens is 393 g/mol. The highest BCUT2D eigenvalue weighted by Crippen LogP contribution is 2.47. The smallest absolute Gasteiger partial charge is 0.274 e. The molecule has 7 nitrogen and oxygen atoms in total. The first-order valence-electron chi connectivity index (χ1n) is 9.28. The largest absolute Gasteiger partial charge is 0.397 e. The average Bonchev–Trinajstić information content (AvgIpc) is 2.69. The zero-order valence-corrected chi connectivity index (χ0v) is 16.7. The maximum absolute atomic E-state index is 15.0. The Morgan fingerprint density at radius 2 is 2.17 bits per heavy atom. The predicted octanol–water partition coefficient (Wildman–Crippen LogP) is 2.59. The fourth-order valence-electron chi connectivity index (χ4n) is 3.92. The number of hydrogen-bond donors (Lipinski definition) is 3. The summed E-state index contributed by atoms with van der Waals surface area (Å²) in [6.07, 6.45) is 1.41. The molecule has 3 atom stereocenters. The van der Waals surface area contributed by atoms with Gasteiger partial charge in [0.1, 0.15) is 17.1 Å². The van der Waals surface area contributed by atoms with Crippen molar-refractivity contribution in [1.29, 1.82) is 0 Å². The summed E-state index contributed by atoms with van der Waals surface area (Å²) in [5.41, 5.74) is 12.2. The number of carbonyl (C=O) groups excluding carboxylic acids is 1. The second-order valence-corrected chi connectivity index (χ2v) is 8.45. The highest BCUT2D eigenvalue weighted by molar-refractivity contribution is 8.13. The van der Waals surface area contributed by atoms with Gasteiger partial charge in [-0.3, -0.25) is 4.79 Å². The molecule has 9 heteroatoms. The van der Waals surface area contributed by atoms with E-state index in [1.54, 1.807) is 12.1 Å². The van der Waals surface area contributed by atoms with Crippen LogP contribution in [0.15, 0.2) is 41.5 Å². The predicted molar refractivity (Wildman–Crippen MR) is 112 cm³/mol. The number of carbonyl (C=O) groups is 1. The number of anilines is 2. The number of amidine groups is 1. The molecule has 0 radical (unpaired) electrons. The zero-order valence-electron chi connectivity index (χ0n) is 15.9. The van der Waals surface area contributed by atoms with Gasteiger partial charge >= 0.3 is 0 Å². The Balaban J connectivity index is 1.70. The molecule has 0 unspecified atom stereocenters. The molecule has 4 rings (SSSR count). The summed E-state index contributed by atoms with van der Waals surface area (Å²) in [5.74, 6) is 0.204. The van der Waals surface area contributed by atoms with Crippen LogP contribution >= 0.6 is 11.8 Å². The summed E-state index contributed by atoms with van der Waals surface area (Å²) in [7, 11) is 0. The fourth-order valence-corrected chi connectivity index (χ4v) is 5.10. The highest BCUT2D eigenvalue weighted by atomic mass is 32.2. The number of rotatable bonds is 3. The lowest BCUT2D eigenvalue weighted by atomic mass is 9.72. The van der Waals surface area contributed by atoms with Gasteiger partial charge in [0.15, 0.2) is 5.17 Å². The molecule has 1 saturated heterocycles. The number of nitrogens with one attached hydrogen (secondary N) is 1. The summed E-state index contributed by atoms with van der Waals surface area (Å²) >= 11 is 1.48. The second kappa shape index (κ2) is 7.64. The van der Waals surface area contributed by atoms with Crippen LogP contribution in [0.25, 0.3) is 0 Å². The molecule has 0 saturated carbocycles. The van der Waals surface area contributed by atoms with Crippen molar-refractivity contribution >= 4 is 34.2 Å². The molecule has 5 N–H and O–H groups in total. The van der Waals surface area contributed by atoms with Crippen LogP contribution in [0.2, 0.25) is 0 Å². The standard InChI is InChI=1S/C20H22FN5O2S/c1-11-8-28-10-20(15(11)9-29-19(23)26-20)14-6-13(3-4-16(14)21)25-18(27)17-5-2-12(22)7-24-17/h2-7,11,15H,8-10,22H2,1H3,(H2,23,26)(H,25,27)/t11-,15+,20+/m0/s1. The zero-order chi connectivity index (χ0) is 20.6. The third-order valence-electron chi connectivity index (χ3n) is 5.43. The van der Waals surface area contributed by atoms with E-state index in [4.69, 9.17) is 16.2 Å². The van der Waals surface area contributed by atoms with Crippen molar-refractivity contribution in [2.75, 3.05) is 30.0 Å². The lowest BCUT2D eigenvalue weighted by molar-refractivity contribution is -0.0339. The van der Waals surface area contributed by atoms with Gasteiger partial charge in [0, 0.05) is 29.5 Å². The molecule has 1 amide bonds. The SMILES string of the molecule is C[C@H]1COC[C@]2(c3cc(NC(=O)c4ccc(N)cn4)ccc3F)N=C(N)SC[C@H]12. The summed E-state index contributed by atoms with van der Waals surface area (Å²) in [6.45, 7) is 2.92. The van der Waals surface area contributed by atoms with E-state index in [1.807, 2.05) is 0 Å². The van der Waals surface area contributed by atoms with Gasteiger partial charge in [-0.15, -0.1) is 0 Å². The Kier molecular flexibility index (Phi) is 5.18. The number of benzene rings is 1. The quantitative estimate of drug-likeness (QED) is 0.710. The molecule has 1 fully saturated rings. The molecule has 2 aliphatic rings. The number of nitrogens with two attached hydrogens (primary N) is 2. The van der Waals surface area contributed by atoms with E-state index in [0.717, 1.165) is 5.75 Å². The number of aliphatic imine (C=N–C) groups is 1. The number of fused-ring (bicyclic) bond motifs is 1. The molecule has 0 bridgehead atoms. The first-order valence-corrected chi connectivity index (χ1v) is 10.3. The van der Waals surface area contributed by atoms with Crippen LogP contribution in [-0.2, 0) is 10.3 Å². The fraction of sp³-hybridized carbons (Fsp3) is 0.350. The number of aromatic nitrogens is 1. The van der Waals surface area contributed by atoms with Gasteiger partial charge in [-0.2, -0.15) is 0 Å². The maximum Gasteiger partial charge on any atom is 0.274 e. The lowest BCUT2D eigenvalue weighted by Crippen LogP contribution is -2.51.